The quantitative estimate of drug-likeness (QED) is 0.800. The van der Waals surface area contributed by atoms with Crippen molar-refractivity contribution in [1.82, 2.24) is 10.3 Å². The molecule has 0 amide bonds. The molecule has 0 bridgehead atoms. The maximum absolute atomic E-state index is 9.25. The van der Waals surface area contributed by atoms with E-state index in [4.69, 9.17) is 11.6 Å². The van der Waals surface area contributed by atoms with Gasteiger partial charge in [-0.25, -0.2) is 4.98 Å². The molecule has 0 fully saturated rings. The zero-order chi connectivity index (χ0) is 14.4. The van der Waals surface area contributed by atoms with E-state index in [2.05, 4.69) is 29.4 Å². The number of aromatic nitrogens is 1. The number of benzene rings is 1. The van der Waals surface area contributed by atoms with Gasteiger partial charge in [0.1, 0.15) is 5.15 Å². The van der Waals surface area contributed by atoms with Crippen LogP contribution in [-0.2, 0) is 0 Å². The fraction of sp³-hybridized carbons (Fsp3) is 0.312. The van der Waals surface area contributed by atoms with Crippen molar-refractivity contribution in [2.45, 2.75) is 25.4 Å². The Morgan fingerprint density at radius 2 is 1.95 bits per heavy atom. The molecule has 4 heteroatoms. The van der Waals surface area contributed by atoms with Crippen molar-refractivity contribution in [3.05, 3.63) is 64.9 Å². The predicted molar refractivity (Wildman–Crippen MR) is 81.7 cm³/mol. The number of aliphatic hydroxyl groups excluding tert-OH is 1. The van der Waals surface area contributed by atoms with Crippen molar-refractivity contribution in [3.63, 3.8) is 0 Å². The molecule has 1 aromatic heterocycles. The van der Waals surface area contributed by atoms with E-state index < -0.39 is 0 Å². The van der Waals surface area contributed by atoms with E-state index in [0.717, 1.165) is 5.56 Å². The van der Waals surface area contributed by atoms with Crippen molar-refractivity contribution in [2.75, 3.05) is 6.61 Å². The lowest BCUT2D eigenvalue weighted by Gasteiger charge is -2.23. The Morgan fingerprint density at radius 1 is 1.20 bits per heavy atom. The molecule has 1 aromatic carbocycles. The van der Waals surface area contributed by atoms with E-state index in [1.165, 1.54) is 5.56 Å². The molecular weight excluding hydrogens is 272 g/mol. The molecule has 0 aliphatic rings. The van der Waals surface area contributed by atoms with Gasteiger partial charge >= 0.3 is 0 Å². The summed E-state index contributed by atoms with van der Waals surface area (Å²) in [6, 6.07) is 14.2. The third-order valence-corrected chi connectivity index (χ3v) is 3.53. The zero-order valence-electron chi connectivity index (χ0n) is 11.5. The van der Waals surface area contributed by atoms with Crippen LogP contribution in [-0.4, -0.2) is 16.7 Å². The van der Waals surface area contributed by atoms with E-state index in [1.54, 1.807) is 6.20 Å². The van der Waals surface area contributed by atoms with Crippen LogP contribution in [0.2, 0.25) is 5.15 Å². The highest BCUT2D eigenvalue weighted by Crippen LogP contribution is 2.22. The molecule has 0 radical (unpaired) electrons. The monoisotopic (exact) mass is 290 g/mol. The minimum absolute atomic E-state index is 0.114. The van der Waals surface area contributed by atoms with E-state index in [0.29, 0.717) is 11.6 Å². The summed E-state index contributed by atoms with van der Waals surface area (Å²) in [7, 11) is 0. The molecule has 2 rings (SSSR count). The van der Waals surface area contributed by atoms with Gasteiger partial charge in [-0.05, 0) is 36.6 Å². The molecule has 0 aliphatic heterocycles. The van der Waals surface area contributed by atoms with E-state index in [-0.39, 0.29) is 18.7 Å². The SMILES string of the molecule is CC(N[C@H](CCO)c1ccccc1)c1ccnc(Cl)c1. The summed E-state index contributed by atoms with van der Waals surface area (Å²) in [6.45, 7) is 2.23. The number of nitrogens with zero attached hydrogens (tertiary/aromatic N) is 1. The second kappa shape index (κ2) is 7.39. The van der Waals surface area contributed by atoms with E-state index >= 15 is 0 Å². The van der Waals surface area contributed by atoms with Crippen molar-refractivity contribution in [3.8, 4) is 0 Å². The third-order valence-electron chi connectivity index (χ3n) is 3.32. The highest BCUT2D eigenvalue weighted by atomic mass is 35.5. The Morgan fingerprint density at radius 3 is 2.60 bits per heavy atom. The minimum Gasteiger partial charge on any atom is -0.396 e. The summed E-state index contributed by atoms with van der Waals surface area (Å²) in [5, 5.41) is 13.3. The van der Waals surface area contributed by atoms with Gasteiger partial charge in [-0.3, -0.25) is 0 Å². The fourth-order valence-electron chi connectivity index (χ4n) is 2.25. The van der Waals surface area contributed by atoms with Crippen LogP contribution >= 0.6 is 11.6 Å². The Kier molecular flexibility index (Phi) is 5.53. The lowest BCUT2D eigenvalue weighted by molar-refractivity contribution is 0.260. The van der Waals surface area contributed by atoms with Gasteiger partial charge in [0.25, 0.3) is 0 Å². The molecule has 0 spiro atoms. The zero-order valence-corrected chi connectivity index (χ0v) is 12.2. The van der Waals surface area contributed by atoms with Gasteiger partial charge in [0.15, 0.2) is 0 Å². The Labute approximate surface area is 124 Å². The molecule has 20 heavy (non-hydrogen) atoms. The first-order valence-corrected chi connectivity index (χ1v) is 7.12. The van der Waals surface area contributed by atoms with Crippen molar-refractivity contribution in [2.24, 2.45) is 0 Å². The summed E-state index contributed by atoms with van der Waals surface area (Å²) < 4.78 is 0. The highest BCUT2D eigenvalue weighted by Gasteiger charge is 2.15. The van der Waals surface area contributed by atoms with Crippen LogP contribution in [0.15, 0.2) is 48.7 Å². The van der Waals surface area contributed by atoms with Gasteiger partial charge in [0.05, 0.1) is 0 Å². The maximum Gasteiger partial charge on any atom is 0.129 e. The van der Waals surface area contributed by atoms with Gasteiger partial charge in [-0.1, -0.05) is 41.9 Å². The van der Waals surface area contributed by atoms with Crippen LogP contribution in [0.25, 0.3) is 0 Å². The molecule has 2 N–H and O–H groups in total. The summed E-state index contributed by atoms with van der Waals surface area (Å²) in [5.74, 6) is 0. The number of aliphatic hydroxyl groups is 1. The first-order valence-electron chi connectivity index (χ1n) is 6.74. The molecular formula is C16H19ClN2O. The maximum atomic E-state index is 9.25. The molecule has 106 valence electrons. The fourth-order valence-corrected chi connectivity index (χ4v) is 2.43. The van der Waals surface area contributed by atoms with Crippen molar-refractivity contribution in [1.29, 1.82) is 0 Å². The minimum atomic E-state index is 0.114. The van der Waals surface area contributed by atoms with Crippen LogP contribution in [0.4, 0.5) is 0 Å². The highest BCUT2D eigenvalue weighted by molar-refractivity contribution is 6.29. The second-order valence-electron chi connectivity index (χ2n) is 4.78. The summed E-state index contributed by atoms with van der Waals surface area (Å²) in [6.07, 6.45) is 2.38. The summed E-state index contributed by atoms with van der Waals surface area (Å²) >= 11 is 5.92. The number of nitrogens with one attached hydrogen (secondary N) is 1. The molecule has 2 atom stereocenters. The standard InChI is InChI=1S/C16H19ClN2O/c1-12(14-7-9-18-16(17)11-14)19-15(8-10-20)13-5-3-2-4-6-13/h2-7,9,11-12,15,19-20H,8,10H2,1H3/t12?,15-/m1/s1. The second-order valence-corrected chi connectivity index (χ2v) is 5.16. The van der Waals surface area contributed by atoms with Crippen LogP contribution in [0.3, 0.4) is 0 Å². The number of hydrogen-bond acceptors (Lipinski definition) is 3. The largest absolute Gasteiger partial charge is 0.396 e. The smallest absolute Gasteiger partial charge is 0.129 e. The van der Waals surface area contributed by atoms with Crippen molar-refractivity contribution >= 4 is 11.6 Å². The molecule has 2 aromatic rings. The molecule has 3 nitrogen and oxygen atoms in total. The Hall–Kier alpha value is -1.42. The van der Waals surface area contributed by atoms with Gasteiger partial charge in [-0.15, -0.1) is 0 Å². The lowest BCUT2D eigenvalue weighted by atomic mass is 10.0. The number of pyridine rings is 1. The number of halogens is 1. The van der Waals surface area contributed by atoms with Gasteiger partial charge in [-0.2, -0.15) is 0 Å². The first kappa shape index (κ1) is 15.0. The molecule has 1 heterocycles. The number of hydrogen-bond donors (Lipinski definition) is 2. The first-order chi connectivity index (χ1) is 9.70. The van der Waals surface area contributed by atoms with Crippen LogP contribution in [0, 0.1) is 0 Å². The van der Waals surface area contributed by atoms with Crippen LogP contribution < -0.4 is 5.32 Å². The molecule has 0 aliphatic carbocycles. The Balaban J connectivity index is 2.12. The van der Waals surface area contributed by atoms with Gasteiger partial charge < -0.3 is 10.4 Å². The summed E-state index contributed by atoms with van der Waals surface area (Å²) in [5.41, 5.74) is 2.26. The molecule has 1 unspecified atom stereocenters. The third kappa shape index (κ3) is 4.04. The molecule has 0 saturated carbocycles. The molecule has 0 saturated heterocycles. The van der Waals surface area contributed by atoms with Gasteiger partial charge in [0.2, 0.25) is 0 Å². The normalized spacial score (nSPS) is 13.9. The summed E-state index contributed by atoms with van der Waals surface area (Å²) in [4.78, 5) is 3.99. The van der Waals surface area contributed by atoms with Crippen molar-refractivity contribution < 1.29 is 5.11 Å². The van der Waals surface area contributed by atoms with E-state index in [9.17, 15) is 5.11 Å². The lowest BCUT2D eigenvalue weighted by Crippen LogP contribution is -2.25. The van der Waals surface area contributed by atoms with Crippen LogP contribution in [0.1, 0.15) is 36.6 Å². The van der Waals surface area contributed by atoms with E-state index in [1.807, 2.05) is 30.3 Å². The van der Waals surface area contributed by atoms with Gasteiger partial charge in [0, 0.05) is 24.9 Å². The predicted octanol–water partition coefficient (Wildman–Crippen LogP) is 3.51. The average Bonchev–Trinajstić information content (AvgIpc) is 2.47. The average molecular weight is 291 g/mol. The number of rotatable bonds is 6. The van der Waals surface area contributed by atoms with Crippen LogP contribution in [0.5, 0.6) is 0 Å². The Bertz CT molecular complexity index is 533. The topological polar surface area (TPSA) is 45.1 Å².